The third-order valence-electron chi connectivity index (χ3n) is 5.75. The average molecular weight is 499 g/mol. The summed E-state index contributed by atoms with van der Waals surface area (Å²) in [7, 11) is -3.86. The largest absolute Gasteiger partial charge is 0.332 e. The molecule has 34 heavy (non-hydrogen) atoms. The number of hydrogen-bond acceptors (Lipinski definition) is 4. The lowest BCUT2D eigenvalue weighted by Crippen LogP contribution is -2.45. The Morgan fingerprint density at radius 2 is 1.53 bits per heavy atom. The molecule has 0 radical (unpaired) electrons. The van der Waals surface area contributed by atoms with E-state index >= 15 is 0 Å². The number of sulfonamides is 1. The number of benzene rings is 2. The summed E-state index contributed by atoms with van der Waals surface area (Å²) in [6, 6.07) is 17.3. The summed E-state index contributed by atoms with van der Waals surface area (Å²) >= 11 is 1.65. The molecule has 0 fully saturated rings. The zero-order chi connectivity index (χ0) is 25.0. The summed E-state index contributed by atoms with van der Waals surface area (Å²) in [6.45, 7) is 11.9. The lowest BCUT2D eigenvalue weighted by atomic mass is 10.1. The molecule has 3 aromatic rings. The van der Waals surface area contributed by atoms with Gasteiger partial charge in [-0.1, -0.05) is 48.0 Å². The molecule has 2 aromatic carbocycles. The van der Waals surface area contributed by atoms with Gasteiger partial charge in [0.15, 0.2) is 0 Å². The van der Waals surface area contributed by atoms with Gasteiger partial charge in [0.05, 0.1) is 18.0 Å². The summed E-state index contributed by atoms with van der Waals surface area (Å²) in [5.74, 6) is -0.213. The summed E-state index contributed by atoms with van der Waals surface area (Å²) in [4.78, 5) is 17.9. The van der Waals surface area contributed by atoms with Crippen LogP contribution in [0.2, 0.25) is 0 Å². The highest BCUT2D eigenvalue weighted by Crippen LogP contribution is 2.27. The first-order chi connectivity index (χ1) is 16.0. The molecule has 0 saturated carbocycles. The minimum Gasteiger partial charge on any atom is -0.332 e. The van der Waals surface area contributed by atoms with Crippen molar-refractivity contribution >= 4 is 27.3 Å². The van der Waals surface area contributed by atoms with E-state index in [9.17, 15) is 13.2 Å². The monoisotopic (exact) mass is 498 g/mol. The van der Waals surface area contributed by atoms with Crippen LogP contribution in [0, 0.1) is 27.7 Å². The van der Waals surface area contributed by atoms with Gasteiger partial charge in [-0.3, -0.25) is 4.79 Å². The Bertz CT molecular complexity index is 1220. The SMILES string of the molecule is Cc1cc(C)c(S(=O)(=O)N(CC(=O)N(Cc2ccccc2)Cc2ccc(C)s2)C(C)C)c(C)c1. The summed E-state index contributed by atoms with van der Waals surface area (Å²) in [5.41, 5.74) is 3.42. The second-order valence-electron chi connectivity index (χ2n) is 9.12. The quantitative estimate of drug-likeness (QED) is 0.385. The molecule has 7 heteroatoms. The van der Waals surface area contributed by atoms with Crippen LogP contribution in [0.1, 0.15) is 45.9 Å². The fourth-order valence-electron chi connectivity index (χ4n) is 4.26. The van der Waals surface area contributed by atoms with E-state index in [0.29, 0.717) is 29.1 Å². The maximum absolute atomic E-state index is 13.8. The number of amides is 1. The molecule has 182 valence electrons. The van der Waals surface area contributed by atoms with Crippen LogP contribution in [0.15, 0.2) is 59.5 Å². The maximum Gasteiger partial charge on any atom is 0.244 e. The zero-order valence-corrected chi connectivity index (χ0v) is 22.5. The number of thiophene rings is 1. The molecule has 3 rings (SSSR count). The van der Waals surface area contributed by atoms with E-state index in [2.05, 4.69) is 0 Å². The van der Waals surface area contributed by atoms with Crippen LogP contribution in [-0.4, -0.2) is 36.1 Å². The van der Waals surface area contributed by atoms with E-state index in [-0.39, 0.29) is 18.5 Å². The Hall–Kier alpha value is -2.48. The number of carbonyl (C=O) groups is 1. The Balaban J connectivity index is 1.93. The van der Waals surface area contributed by atoms with Crippen molar-refractivity contribution in [2.75, 3.05) is 6.54 Å². The molecule has 0 aliphatic heterocycles. The van der Waals surface area contributed by atoms with E-state index in [1.807, 2.05) is 96.1 Å². The topological polar surface area (TPSA) is 57.7 Å². The van der Waals surface area contributed by atoms with Crippen molar-refractivity contribution in [2.45, 2.75) is 65.6 Å². The van der Waals surface area contributed by atoms with Crippen molar-refractivity contribution in [3.05, 3.63) is 86.6 Å². The number of carbonyl (C=O) groups excluding carboxylic acids is 1. The van der Waals surface area contributed by atoms with Crippen molar-refractivity contribution in [3.8, 4) is 0 Å². The molecule has 0 saturated heterocycles. The van der Waals surface area contributed by atoms with Gasteiger partial charge in [-0.25, -0.2) is 8.42 Å². The molecule has 0 aliphatic rings. The van der Waals surface area contributed by atoms with E-state index in [0.717, 1.165) is 16.0 Å². The molecular formula is C27H34N2O3S2. The van der Waals surface area contributed by atoms with Gasteiger partial charge in [0.1, 0.15) is 0 Å². The number of rotatable bonds is 9. The van der Waals surface area contributed by atoms with Crippen molar-refractivity contribution in [1.82, 2.24) is 9.21 Å². The Labute approximate surface area is 208 Å². The number of hydrogen-bond donors (Lipinski definition) is 0. The van der Waals surface area contributed by atoms with Gasteiger partial charge >= 0.3 is 0 Å². The molecule has 0 bridgehead atoms. The molecule has 5 nitrogen and oxygen atoms in total. The van der Waals surface area contributed by atoms with Gasteiger partial charge in [0, 0.05) is 22.3 Å². The summed E-state index contributed by atoms with van der Waals surface area (Å²) in [5, 5.41) is 0. The molecule has 0 aliphatic carbocycles. The fourth-order valence-corrected chi connectivity index (χ4v) is 7.17. The molecule has 1 aromatic heterocycles. The standard InChI is InChI=1S/C27H34N2O3S2/c1-19(2)29(34(31,32)27-21(4)14-20(3)15-22(27)5)18-26(30)28(16-24-10-8-7-9-11-24)17-25-13-12-23(6)33-25/h7-15,19H,16-18H2,1-6H3. The van der Waals surface area contributed by atoms with Gasteiger partial charge in [-0.15, -0.1) is 11.3 Å². The predicted molar refractivity (Wildman–Crippen MR) is 139 cm³/mol. The first kappa shape index (κ1) is 26.1. The Morgan fingerprint density at radius 1 is 0.912 bits per heavy atom. The molecule has 0 spiro atoms. The van der Waals surface area contributed by atoms with Gasteiger partial charge < -0.3 is 4.90 Å². The number of nitrogens with zero attached hydrogens (tertiary/aromatic N) is 2. The van der Waals surface area contributed by atoms with E-state index < -0.39 is 10.0 Å². The van der Waals surface area contributed by atoms with Crippen molar-refractivity contribution in [3.63, 3.8) is 0 Å². The molecule has 0 N–H and O–H groups in total. The van der Waals surface area contributed by atoms with Gasteiger partial charge in [-0.2, -0.15) is 4.31 Å². The molecule has 0 atom stereocenters. The van der Waals surface area contributed by atoms with Crippen LogP contribution in [0.25, 0.3) is 0 Å². The second kappa shape index (κ2) is 10.8. The third-order valence-corrected chi connectivity index (χ3v) is 9.06. The molecule has 1 heterocycles. The maximum atomic E-state index is 13.8. The number of aryl methyl sites for hydroxylation is 4. The molecular weight excluding hydrogens is 464 g/mol. The summed E-state index contributed by atoms with van der Waals surface area (Å²) < 4.78 is 28.9. The summed E-state index contributed by atoms with van der Waals surface area (Å²) in [6.07, 6.45) is 0. The lowest BCUT2D eigenvalue weighted by molar-refractivity contribution is -0.132. The first-order valence-electron chi connectivity index (χ1n) is 11.5. The van der Waals surface area contributed by atoms with Crippen LogP contribution < -0.4 is 0 Å². The van der Waals surface area contributed by atoms with Crippen LogP contribution >= 0.6 is 11.3 Å². The normalized spacial score (nSPS) is 11.9. The first-order valence-corrected chi connectivity index (χ1v) is 13.7. The van der Waals surface area contributed by atoms with Gasteiger partial charge in [0.2, 0.25) is 15.9 Å². The predicted octanol–water partition coefficient (Wildman–Crippen LogP) is 5.61. The highest BCUT2D eigenvalue weighted by molar-refractivity contribution is 7.89. The van der Waals surface area contributed by atoms with Crippen LogP contribution in [-0.2, 0) is 27.9 Å². The minimum atomic E-state index is -3.86. The Morgan fingerprint density at radius 3 is 2.06 bits per heavy atom. The van der Waals surface area contributed by atoms with Crippen LogP contribution in [0.3, 0.4) is 0 Å². The van der Waals surface area contributed by atoms with E-state index in [1.54, 1.807) is 16.2 Å². The molecule has 0 unspecified atom stereocenters. The highest BCUT2D eigenvalue weighted by Gasteiger charge is 2.33. The van der Waals surface area contributed by atoms with E-state index in [4.69, 9.17) is 0 Å². The average Bonchev–Trinajstić information content (AvgIpc) is 3.15. The zero-order valence-electron chi connectivity index (χ0n) is 20.8. The highest BCUT2D eigenvalue weighted by atomic mass is 32.2. The lowest BCUT2D eigenvalue weighted by Gasteiger charge is -2.30. The van der Waals surface area contributed by atoms with Crippen LogP contribution in [0.5, 0.6) is 0 Å². The second-order valence-corrected chi connectivity index (χ2v) is 12.3. The molecule has 1 amide bonds. The minimum absolute atomic E-state index is 0.204. The van der Waals surface area contributed by atoms with Gasteiger partial charge in [-0.05, 0) is 70.4 Å². The third kappa shape index (κ3) is 6.14. The fraction of sp³-hybridized carbons (Fsp3) is 0.370. The van der Waals surface area contributed by atoms with Crippen LogP contribution in [0.4, 0.5) is 0 Å². The Kier molecular flexibility index (Phi) is 8.34. The van der Waals surface area contributed by atoms with Crippen molar-refractivity contribution in [2.24, 2.45) is 0 Å². The van der Waals surface area contributed by atoms with Crippen molar-refractivity contribution < 1.29 is 13.2 Å². The smallest absolute Gasteiger partial charge is 0.244 e. The van der Waals surface area contributed by atoms with Gasteiger partial charge in [0.25, 0.3) is 0 Å². The van der Waals surface area contributed by atoms with E-state index in [1.165, 1.54) is 9.18 Å². The van der Waals surface area contributed by atoms with Crippen molar-refractivity contribution in [1.29, 1.82) is 0 Å².